The topological polar surface area (TPSA) is 92.1 Å². The quantitative estimate of drug-likeness (QED) is 0.410. The normalized spacial score (nSPS) is 10.8. The van der Waals surface area contributed by atoms with E-state index < -0.39 is 0 Å². The van der Waals surface area contributed by atoms with Gasteiger partial charge in [0.1, 0.15) is 34.3 Å². The minimum Gasteiger partial charge on any atom is -0.496 e. The molecule has 2 heterocycles. The summed E-state index contributed by atoms with van der Waals surface area (Å²) in [7, 11) is 6.31. The van der Waals surface area contributed by atoms with E-state index in [2.05, 4.69) is 10.3 Å². The van der Waals surface area contributed by atoms with Crippen molar-refractivity contribution in [2.75, 3.05) is 33.8 Å². The predicted molar refractivity (Wildman–Crippen MR) is 122 cm³/mol. The Hall–Kier alpha value is -3.72. The highest BCUT2D eigenvalue weighted by Crippen LogP contribution is 2.36. The summed E-state index contributed by atoms with van der Waals surface area (Å²) < 4.78 is 28.3. The molecule has 2 aromatic carbocycles. The molecule has 9 heteroatoms. The number of benzene rings is 2. The van der Waals surface area contributed by atoms with Crippen molar-refractivity contribution >= 4 is 32.6 Å². The van der Waals surface area contributed by atoms with E-state index in [0.29, 0.717) is 45.8 Å². The largest absolute Gasteiger partial charge is 0.496 e. The lowest BCUT2D eigenvalue weighted by atomic mass is 10.1. The fourth-order valence-corrected chi connectivity index (χ4v) is 4.20. The van der Waals surface area contributed by atoms with Crippen LogP contribution in [-0.4, -0.2) is 39.3 Å². The van der Waals surface area contributed by atoms with Crippen LogP contribution in [0.3, 0.4) is 0 Å². The number of nitrogens with zero attached hydrogens (tertiary/aromatic N) is 1. The third kappa shape index (κ3) is 4.19. The van der Waals surface area contributed by atoms with Crippen LogP contribution in [0.15, 0.2) is 46.9 Å². The summed E-state index contributed by atoms with van der Waals surface area (Å²) in [6.07, 6.45) is 0.377. The Morgan fingerprint density at radius 2 is 1.69 bits per heavy atom. The minimum absolute atomic E-state index is 0.178. The highest BCUT2D eigenvalue weighted by atomic mass is 32.1. The number of methoxy groups -OCH3 is 4. The number of ether oxygens (including phenoxy) is 4. The van der Waals surface area contributed by atoms with E-state index in [1.165, 1.54) is 11.3 Å². The first-order valence-corrected chi connectivity index (χ1v) is 10.5. The van der Waals surface area contributed by atoms with Gasteiger partial charge in [0, 0.05) is 24.1 Å². The molecule has 0 unspecified atom stereocenters. The molecule has 0 radical (unpaired) electrons. The summed E-state index contributed by atoms with van der Waals surface area (Å²) >= 11 is 1.36. The molecule has 0 spiro atoms. The maximum atomic E-state index is 12.7. The van der Waals surface area contributed by atoms with Gasteiger partial charge in [0.05, 0.1) is 33.1 Å². The van der Waals surface area contributed by atoms with E-state index in [1.807, 2.05) is 18.2 Å². The molecule has 32 heavy (non-hydrogen) atoms. The fraction of sp³-hybridized carbons (Fsp3) is 0.217. The predicted octanol–water partition coefficient (Wildman–Crippen LogP) is 4.77. The van der Waals surface area contributed by atoms with Gasteiger partial charge >= 0.3 is 0 Å². The highest BCUT2D eigenvalue weighted by Gasteiger charge is 2.19. The molecule has 0 bridgehead atoms. The van der Waals surface area contributed by atoms with Crippen molar-refractivity contribution in [3.8, 4) is 23.0 Å². The van der Waals surface area contributed by atoms with Gasteiger partial charge in [-0.3, -0.25) is 10.1 Å². The molecule has 1 N–H and O–H groups in total. The van der Waals surface area contributed by atoms with E-state index in [9.17, 15) is 4.79 Å². The SMILES string of the molecule is COc1cc(OC)c(Cc2ccc(C(=O)Nc3nc4c(OC)cccc4s3)o2)c(OC)c1. The lowest BCUT2D eigenvalue weighted by molar-refractivity contribution is 0.0995. The van der Waals surface area contributed by atoms with E-state index >= 15 is 0 Å². The Morgan fingerprint density at radius 3 is 2.34 bits per heavy atom. The number of carbonyl (C=O) groups excluding carboxylic acids is 1. The van der Waals surface area contributed by atoms with Crippen LogP contribution in [0.4, 0.5) is 5.13 Å². The zero-order valence-corrected chi connectivity index (χ0v) is 18.9. The molecule has 0 aliphatic heterocycles. The Morgan fingerprint density at radius 1 is 0.969 bits per heavy atom. The average Bonchev–Trinajstić information content (AvgIpc) is 3.45. The second-order valence-electron chi connectivity index (χ2n) is 6.73. The van der Waals surface area contributed by atoms with Gasteiger partial charge in [0.15, 0.2) is 10.9 Å². The standard InChI is InChI=1S/C23H22N2O6S/c1-27-14-11-18(29-3)15(19(12-14)30-4)10-13-8-9-17(31-13)22(26)25-23-24-21-16(28-2)6-5-7-20(21)32-23/h5-9,11-12H,10H2,1-4H3,(H,24,25,26). The molecule has 0 saturated heterocycles. The monoisotopic (exact) mass is 454 g/mol. The van der Waals surface area contributed by atoms with Crippen molar-refractivity contribution in [3.05, 3.63) is 59.5 Å². The fourth-order valence-electron chi connectivity index (χ4n) is 3.32. The summed E-state index contributed by atoms with van der Waals surface area (Å²) in [5, 5.41) is 3.25. The maximum absolute atomic E-state index is 12.7. The summed E-state index contributed by atoms with van der Waals surface area (Å²) in [4.78, 5) is 17.2. The zero-order chi connectivity index (χ0) is 22.7. The third-order valence-corrected chi connectivity index (χ3v) is 5.81. The first-order valence-electron chi connectivity index (χ1n) is 9.68. The Labute approximate surface area is 188 Å². The molecule has 0 saturated carbocycles. The highest BCUT2D eigenvalue weighted by molar-refractivity contribution is 7.22. The van der Waals surface area contributed by atoms with Gasteiger partial charge in [-0.05, 0) is 24.3 Å². The number of furan rings is 1. The van der Waals surface area contributed by atoms with E-state index in [0.717, 1.165) is 10.3 Å². The second kappa shape index (κ2) is 9.19. The van der Waals surface area contributed by atoms with Crippen LogP contribution < -0.4 is 24.3 Å². The van der Waals surface area contributed by atoms with Gasteiger partial charge in [-0.1, -0.05) is 17.4 Å². The summed E-state index contributed by atoms with van der Waals surface area (Å²) in [5.74, 6) is 2.86. The molecule has 0 aliphatic rings. The maximum Gasteiger partial charge on any atom is 0.293 e. The molecule has 8 nitrogen and oxygen atoms in total. The zero-order valence-electron chi connectivity index (χ0n) is 18.1. The number of hydrogen-bond acceptors (Lipinski definition) is 8. The number of thiazole rings is 1. The van der Waals surface area contributed by atoms with Crippen molar-refractivity contribution in [2.24, 2.45) is 0 Å². The minimum atomic E-state index is -0.386. The van der Waals surface area contributed by atoms with Crippen LogP contribution in [0, 0.1) is 0 Å². The number of fused-ring (bicyclic) bond motifs is 1. The molecular formula is C23H22N2O6S. The molecule has 166 valence electrons. The first kappa shape index (κ1) is 21.5. The number of amides is 1. The lowest BCUT2D eigenvalue weighted by Gasteiger charge is -2.14. The summed E-state index contributed by atoms with van der Waals surface area (Å²) in [5.41, 5.74) is 1.49. The molecule has 0 fully saturated rings. The number of para-hydroxylation sites is 1. The Balaban J connectivity index is 1.54. The van der Waals surface area contributed by atoms with Gasteiger partial charge in [-0.15, -0.1) is 0 Å². The van der Waals surface area contributed by atoms with Gasteiger partial charge < -0.3 is 23.4 Å². The second-order valence-corrected chi connectivity index (χ2v) is 7.76. The Kier molecular flexibility index (Phi) is 6.18. The van der Waals surface area contributed by atoms with Crippen LogP contribution in [0.2, 0.25) is 0 Å². The number of nitrogens with one attached hydrogen (secondary N) is 1. The first-order chi connectivity index (χ1) is 15.6. The number of anilines is 1. The van der Waals surface area contributed by atoms with Gasteiger partial charge in [0.25, 0.3) is 5.91 Å². The van der Waals surface area contributed by atoms with Crippen molar-refractivity contribution in [3.63, 3.8) is 0 Å². The molecule has 2 aromatic heterocycles. The van der Waals surface area contributed by atoms with Crippen molar-refractivity contribution < 1.29 is 28.2 Å². The number of hydrogen-bond donors (Lipinski definition) is 1. The van der Waals surface area contributed by atoms with Crippen molar-refractivity contribution in [1.29, 1.82) is 0 Å². The molecule has 1 amide bonds. The molecular weight excluding hydrogens is 432 g/mol. The smallest absolute Gasteiger partial charge is 0.293 e. The van der Waals surface area contributed by atoms with Gasteiger partial charge in [0.2, 0.25) is 0 Å². The lowest BCUT2D eigenvalue weighted by Crippen LogP contribution is -2.10. The molecule has 0 atom stereocenters. The van der Waals surface area contributed by atoms with Crippen LogP contribution in [0.5, 0.6) is 23.0 Å². The average molecular weight is 455 g/mol. The van der Waals surface area contributed by atoms with Crippen molar-refractivity contribution in [1.82, 2.24) is 4.98 Å². The van der Waals surface area contributed by atoms with E-state index in [-0.39, 0.29) is 11.7 Å². The van der Waals surface area contributed by atoms with Crippen molar-refractivity contribution in [2.45, 2.75) is 6.42 Å². The Bertz CT molecular complexity index is 1240. The summed E-state index contributed by atoms with van der Waals surface area (Å²) in [6, 6.07) is 12.6. The van der Waals surface area contributed by atoms with Gasteiger partial charge in [-0.25, -0.2) is 4.98 Å². The molecule has 4 rings (SSSR count). The van der Waals surface area contributed by atoms with Crippen LogP contribution >= 0.6 is 11.3 Å². The van der Waals surface area contributed by atoms with Crippen LogP contribution in [0.1, 0.15) is 21.9 Å². The number of aromatic nitrogens is 1. The molecule has 0 aliphatic carbocycles. The van der Waals surface area contributed by atoms with E-state index in [4.69, 9.17) is 23.4 Å². The molecule has 4 aromatic rings. The third-order valence-electron chi connectivity index (χ3n) is 4.88. The number of carbonyl (C=O) groups is 1. The number of rotatable bonds is 8. The van der Waals surface area contributed by atoms with Crippen LogP contribution in [0.25, 0.3) is 10.2 Å². The van der Waals surface area contributed by atoms with Crippen LogP contribution in [-0.2, 0) is 6.42 Å². The summed E-state index contributed by atoms with van der Waals surface area (Å²) in [6.45, 7) is 0. The van der Waals surface area contributed by atoms with Gasteiger partial charge in [-0.2, -0.15) is 0 Å². The van der Waals surface area contributed by atoms with E-state index in [1.54, 1.807) is 52.7 Å².